The lowest BCUT2D eigenvalue weighted by molar-refractivity contribution is -0.124. The molecule has 2 fully saturated rings. The zero-order valence-corrected chi connectivity index (χ0v) is 9.96. The van der Waals surface area contributed by atoms with Crippen LogP contribution in [-0.4, -0.2) is 17.9 Å². The van der Waals surface area contributed by atoms with Gasteiger partial charge in [0.15, 0.2) is 0 Å². The Hall–Kier alpha value is -0.370. The van der Waals surface area contributed by atoms with E-state index in [1.165, 1.54) is 12.8 Å². The quantitative estimate of drug-likeness (QED) is 0.771. The van der Waals surface area contributed by atoms with Crippen LogP contribution in [0.25, 0.3) is 0 Å². The van der Waals surface area contributed by atoms with Crippen molar-refractivity contribution in [1.29, 1.82) is 0 Å². The average Bonchev–Trinajstić information content (AvgIpc) is 2.54. The maximum atomic E-state index is 12.0. The molecule has 2 atom stereocenters. The minimum Gasteiger partial charge on any atom is -0.311 e. The third-order valence-corrected chi connectivity index (χ3v) is 3.90. The molecule has 2 rings (SSSR count). The van der Waals surface area contributed by atoms with Crippen molar-refractivity contribution in [3.05, 3.63) is 0 Å². The van der Waals surface area contributed by atoms with Gasteiger partial charge in [-0.15, -0.1) is 0 Å². The molecule has 0 spiro atoms. The van der Waals surface area contributed by atoms with E-state index >= 15 is 0 Å². The average molecular weight is 209 g/mol. The van der Waals surface area contributed by atoms with E-state index in [0.29, 0.717) is 29.7 Å². The van der Waals surface area contributed by atoms with Gasteiger partial charge in [0.05, 0.1) is 0 Å². The zero-order chi connectivity index (χ0) is 10.8. The highest BCUT2D eigenvalue weighted by Gasteiger charge is 2.36. The van der Waals surface area contributed by atoms with Gasteiger partial charge in [-0.2, -0.15) is 0 Å². The normalized spacial score (nSPS) is 34.7. The number of carbonyl (C=O) groups is 1. The van der Waals surface area contributed by atoms with Gasteiger partial charge < -0.3 is 5.32 Å². The number of rotatable bonds is 4. The number of nitrogens with one attached hydrogen (secondary N) is 1. The molecule has 2 heteroatoms. The van der Waals surface area contributed by atoms with Crippen LogP contribution in [-0.2, 0) is 4.79 Å². The van der Waals surface area contributed by atoms with Crippen LogP contribution in [0.4, 0.5) is 0 Å². The third-order valence-electron chi connectivity index (χ3n) is 3.90. The van der Waals surface area contributed by atoms with E-state index in [-0.39, 0.29) is 0 Å². The fourth-order valence-corrected chi connectivity index (χ4v) is 2.96. The van der Waals surface area contributed by atoms with Crippen LogP contribution in [0.5, 0.6) is 0 Å². The summed E-state index contributed by atoms with van der Waals surface area (Å²) in [6.45, 7) is 4.39. The highest BCUT2D eigenvalue weighted by Crippen LogP contribution is 2.32. The Balaban J connectivity index is 1.81. The molecule has 0 aromatic rings. The number of hydrogen-bond acceptors (Lipinski definition) is 2. The molecule has 0 aliphatic carbocycles. The van der Waals surface area contributed by atoms with Crippen molar-refractivity contribution in [2.24, 2.45) is 11.8 Å². The number of ketones is 1. The number of carbonyl (C=O) groups excluding carboxylic acids is 1. The lowest BCUT2D eigenvalue weighted by atomic mass is 9.86. The fourth-order valence-electron chi connectivity index (χ4n) is 2.96. The van der Waals surface area contributed by atoms with Gasteiger partial charge in [-0.1, -0.05) is 13.8 Å². The molecule has 2 bridgehead atoms. The largest absolute Gasteiger partial charge is 0.311 e. The predicted molar refractivity (Wildman–Crippen MR) is 61.7 cm³/mol. The summed E-state index contributed by atoms with van der Waals surface area (Å²) < 4.78 is 0. The number of Topliss-reactive ketones (excluding diaryl/α,β-unsaturated/α-hetero) is 1. The molecule has 0 aromatic heterocycles. The van der Waals surface area contributed by atoms with Crippen molar-refractivity contribution in [3.63, 3.8) is 0 Å². The van der Waals surface area contributed by atoms with Gasteiger partial charge in [0, 0.05) is 24.4 Å². The SMILES string of the molecule is CC(C)CCC(=O)C1CC2CCC(C1)N2. The first kappa shape index (κ1) is 11.1. The maximum Gasteiger partial charge on any atom is 0.136 e. The molecule has 0 radical (unpaired) electrons. The molecule has 2 heterocycles. The topological polar surface area (TPSA) is 29.1 Å². The number of hydrogen-bond donors (Lipinski definition) is 1. The van der Waals surface area contributed by atoms with Crippen LogP contribution in [0.1, 0.15) is 52.4 Å². The zero-order valence-electron chi connectivity index (χ0n) is 9.96. The van der Waals surface area contributed by atoms with Crippen molar-refractivity contribution in [2.75, 3.05) is 0 Å². The molecule has 15 heavy (non-hydrogen) atoms. The van der Waals surface area contributed by atoms with Gasteiger partial charge >= 0.3 is 0 Å². The Labute approximate surface area is 92.8 Å². The number of piperidine rings is 1. The van der Waals surface area contributed by atoms with Crippen LogP contribution in [0.15, 0.2) is 0 Å². The summed E-state index contributed by atoms with van der Waals surface area (Å²) in [6.07, 6.45) is 6.66. The first-order valence-electron chi connectivity index (χ1n) is 6.44. The van der Waals surface area contributed by atoms with Crippen molar-refractivity contribution in [2.45, 2.75) is 64.5 Å². The van der Waals surface area contributed by atoms with Crippen LogP contribution >= 0.6 is 0 Å². The monoisotopic (exact) mass is 209 g/mol. The Kier molecular flexibility index (Phi) is 3.45. The van der Waals surface area contributed by atoms with Crippen molar-refractivity contribution >= 4 is 5.78 Å². The van der Waals surface area contributed by atoms with Crippen molar-refractivity contribution < 1.29 is 4.79 Å². The van der Waals surface area contributed by atoms with E-state index in [1.54, 1.807) is 0 Å². The molecule has 2 saturated heterocycles. The molecular weight excluding hydrogens is 186 g/mol. The van der Waals surface area contributed by atoms with Gasteiger partial charge in [0.1, 0.15) is 5.78 Å². The fraction of sp³-hybridized carbons (Fsp3) is 0.923. The summed E-state index contributed by atoms with van der Waals surface area (Å²) in [5.74, 6) is 1.57. The molecule has 1 N–H and O–H groups in total. The van der Waals surface area contributed by atoms with Gasteiger partial charge in [-0.25, -0.2) is 0 Å². The molecule has 2 unspecified atom stereocenters. The predicted octanol–water partition coefficient (Wildman–Crippen LogP) is 2.52. The van der Waals surface area contributed by atoms with E-state index in [4.69, 9.17) is 0 Å². The lowest BCUT2D eigenvalue weighted by Gasteiger charge is -2.28. The Morgan fingerprint density at radius 3 is 2.40 bits per heavy atom. The minimum absolute atomic E-state index is 0.377. The van der Waals surface area contributed by atoms with Crippen LogP contribution in [0.2, 0.25) is 0 Å². The summed E-state index contributed by atoms with van der Waals surface area (Å²) in [6, 6.07) is 1.30. The van der Waals surface area contributed by atoms with E-state index in [0.717, 1.165) is 25.7 Å². The Morgan fingerprint density at radius 1 is 1.27 bits per heavy atom. The van der Waals surface area contributed by atoms with Gasteiger partial charge in [-0.05, 0) is 38.0 Å². The molecular formula is C13H23NO. The first-order valence-corrected chi connectivity index (χ1v) is 6.44. The van der Waals surface area contributed by atoms with Crippen molar-refractivity contribution in [3.8, 4) is 0 Å². The second-order valence-corrected chi connectivity index (χ2v) is 5.71. The minimum atomic E-state index is 0.377. The van der Waals surface area contributed by atoms with Gasteiger partial charge in [0.25, 0.3) is 0 Å². The third kappa shape index (κ3) is 2.81. The van der Waals surface area contributed by atoms with E-state index in [1.807, 2.05) is 0 Å². The summed E-state index contributed by atoms with van der Waals surface area (Å²) in [5, 5.41) is 3.59. The van der Waals surface area contributed by atoms with Crippen LogP contribution < -0.4 is 5.32 Å². The van der Waals surface area contributed by atoms with E-state index < -0.39 is 0 Å². The molecule has 2 nitrogen and oxygen atoms in total. The summed E-state index contributed by atoms with van der Waals surface area (Å²) in [5.41, 5.74) is 0. The maximum absolute atomic E-state index is 12.0. The molecule has 0 aromatic carbocycles. The lowest BCUT2D eigenvalue weighted by Crippen LogP contribution is -2.40. The molecule has 86 valence electrons. The smallest absolute Gasteiger partial charge is 0.136 e. The number of fused-ring (bicyclic) bond motifs is 2. The first-order chi connectivity index (χ1) is 7.15. The molecule has 0 amide bonds. The van der Waals surface area contributed by atoms with Gasteiger partial charge in [-0.3, -0.25) is 4.79 Å². The second kappa shape index (κ2) is 4.65. The summed E-state index contributed by atoms with van der Waals surface area (Å²) in [7, 11) is 0. The van der Waals surface area contributed by atoms with Crippen LogP contribution in [0, 0.1) is 11.8 Å². The second-order valence-electron chi connectivity index (χ2n) is 5.71. The highest BCUT2D eigenvalue weighted by molar-refractivity contribution is 5.81. The standard InChI is InChI=1S/C13H23NO/c1-9(2)3-6-13(15)10-7-11-4-5-12(8-10)14-11/h9-12,14H,3-8H2,1-2H3. The van der Waals surface area contributed by atoms with Gasteiger partial charge in [0.2, 0.25) is 0 Å². The Morgan fingerprint density at radius 2 is 1.87 bits per heavy atom. The Bertz CT molecular complexity index is 225. The van der Waals surface area contributed by atoms with E-state index in [2.05, 4.69) is 19.2 Å². The summed E-state index contributed by atoms with van der Waals surface area (Å²) in [4.78, 5) is 12.0. The van der Waals surface area contributed by atoms with Crippen molar-refractivity contribution in [1.82, 2.24) is 5.32 Å². The molecule has 2 aliphatic heterocycles. The van der Waals surface area contributed by atoms with Crippen LogP contribution in [0.3, 0.4) is 0 Å². The van der Waals surface area contributed by atoms with E-state index in [9.17, 15) is 4.79 Å². The summed E-state index contributed by atoms with van der Waals surface area (Å²) >= 11 is 0. The molecule has 2 aliphatic rings. The molecule has 0 saturated carbocycles. The highest BCUT2D eigenvalue weighted by atomic mass is 16.1.